The largest absolute Gasteiger partial charge is 0.481 e. The van der Waals surface area contributed by atoms with Crippen molar-refractivity contribution in [3.8, 4) is 17.0 Å². The summed E-state index contributed by atoms with van der Waals surface area (Å²) < 4.78 is 48.9. The van der Waals surface area contributed by atoms with Crippen LogP contribution >= 0.6 is 11.6 Å². The summed E-state index contributed by atoms with van der Waals surface area (Å²) in [5.74, 6) is -6.65. The molecule has 0 aliphatic carbocycles. The molecule has 1 aromatic heterocycles. The summed E-state index contributed by atoms with van der Waals surface area (Å²) in [5, 5.41) is 2.93. The number of pyridine rings is 1. The number of benzene rings is 2. The number of amides is 2. The predicted octanol–water partition coefficient (Wildman–Crippen LogP) is 5.29. The number of rotatable bonds is 5. The predicted molar refractivity (Wildman–Crippen MR) is 125 cm³/mol. The summed E-state index contributed by atoms with van der Waals surface area (Å²) in [7, 11) is 1.45. The van der Waals surface area contributed by atoms with E-state index in [0.717, 1.165) is 11.0 Å². The summed E-state index contributed by atoms with van der Waals surface area (Å²) >= 11 is 5.91. The number of likely N-dealkylation sites (tertiary alicyclic amines) is 1. The maximum absolute atomic E-state index is 14.6. The monoisotopic (exact) mass is 503 g/mol. The van der Waals surface area contributed by atoms with E-state index in [1.165, 1.54) is 31.5 Å². The highest BCUT2D eigenvalue weighted by atomic mass is 35.5. The molecule has 1 N–H and O–H groups in total. The first-order chi connectivity index (χ1) is 16.6. The van der Waals surface area contributed by atoms with E-state index in [-0.39, 0.29) is 12.1 Å². The van der Waals surface area contributed by atoms with Crippen LogP contribution in [-0.4, -0.2) is 47.8 Å². The zero-order valence-electron chi connectivity index (χ0n) is 18.6. The molecule has 3 aromatic rings. The van der Waals surface area contributed by atoms with Crippen LogP contribution in [0, 0.1) is 11.7 Å². The minimum atomic E-state index is -3.32. The number of hydrogen-bond donors (Lipinski definition) is 1. The molecule has 4 rings (SSSR count). The molecule has 182 valence electrons. The number of halogens is 4. The van der Waals surface area contributed by atoms with Gasteiger partial charge in [0.05, 0.1) is 25.1 Å². The Hall–Kier alpha value is -3.59. The SMILES string of the molecule is COc1cc(-c2ccc(F)c(C(=O)N3CC(C(=O)Nc4cccc(Cl)c4)CC(F)(F)C3)c2)ccn1. The Morgan fingerprint density at radius 1 is 1.14 bits per heavy atom. The van der Waals surface area contributed by atoms with E-state index in [2.05, 4.69) is 10.3 Å². The third-order valence-corrected chi connectivity index (χ3v) is 5.87. The lowest BCUT2D eigenvalue weighted by molar-refractivity contribution is -0.130. The summed E-state index contributed by atoms with van der Waals surface area (Å²) in [6.45, 7) is -1.20. The van der Waals surface area contributed by atoms with Gasteiger partial charge in [0.15, 0.2) is 0 Å². The third kappa shape index (κ3) is 5.74. The minimum Gasteiger partial charge on any atom is -0.481 e. The second kappa shape index (κ2) is 9.95. The molecule has 1 unspecified atom stereocenters. The molecule has 1 saturated heterocycles. The molecule has 1 aliphatic rings. The maximum Gasteiger partial charge on any atom is 0.266 e. The van der Waals surface area contributed by atoms with Crippen molar-refractivity contribution in [2.45, 2.75) is 12.3 Å². The molecule has 2 aromatic carbocycles. The lowest BCUT2D eigenvalue weighted by Crippen LogP contribution is -2.52. The first-order valence-corrected chi connectivity index (χ1v) is 11.1. The summed E-state index contributed by atoms with van der Waals surface area (Å²) in [6, 6.07) is 13.4. The van der Waals surface area contributed by atoms with Crippen LogP contribution in [0.15, 0.2) is 60.8 Å². The molecule has 35 heavy (non-hydrogen) atoms. The number of carbonyl (C=O) groups is 2. The number of methoxy groups -OCH3 is 1. The molecule has 1 fully saturated rings. The Balaban J connectivity index is 1.57. The highest BCUT2D eigenvalue weighted by Crippen LogP contribution is 2.33. The Kier molecular flexibility index (Phi) is 6.98. The fourth-order valence-electron chi connectivity index (χ4n) is 3.98. The number of piperidine rings is 1. The Labute approximate surface area is 204 Å². The van der Waals surface area contributed by atoms with Crippen molar-refractivity contribution in [2.24, 2.45) is 5.92 Å². The van der Waals surface area contributed by atoms with Crippen LogP contribution in [0.25, 0.3) is 11.1 Å². The van der Waals surface area contributed by atoms with Crippen molar-refractivity contribution >= 4 is 29.1 Å². The van der Waals surface area contributed by atoms with Gasteiger partial charge in [-0.15, -0.1) is 0 Å². The van der Waals surface area contributed by atoms with E-state index in [1.54, 1.807) is 30.3 Å². The van der Waals surface area contributed by atoms with Crippen LogP contribution in [0.2, 0.25) is 5.02 Å². The summed E-state index contributed by atoms with van der Waals surface area (Å²) in [5.41, 5.74) is 1.06. The molecular formula is C25H21ClF3N3O3. The van der Waals surface area contributed by atoms with Crippen LogP contribution in [0.4, 0.5) is 18.9 Å². The molecule has 6 nitrogen and oxygen atoms in total. The number of aromatic nitrogens is 1. The summed E-state index contributed by atoms with van der Waals surface area (Å²) in [4.78, 5) is 30.7. The molecule has 0 radical (unpaired) electrons. The Morgan fingerprint density at radius 2 is 1.91 bits per heavy atom. The third-order valence-electron chi connectivity index (χ3n) is 5.63. The van der Waals surface area contributed by atoms with Crippen molar-refractivity contribution in [3.63, 3.8) is 0 Å². The molecule has 2 heterocycles. The number of nitrogens with zero attached hydrogens (tertiary/aromatic N) is 2. The van der Waals surface area contributed by atoms with Gasteiger partial charge in [-0.25, -0.2) is 18.2 Å². The second-order valence-corrected chi connectivity index (χ2v) is 8.66. The van der Waals surface area contributed by atoms with Crippen LogP contribution < -0.4 is 10.1 Å². The van der Waals surface area contributed by atoms with E-state index in [4.69, 9.17) is 16.3 Å². The van der Waals surface area contributed by atoms with Gasteiger partial charge in [0, 0.05) is 35.9 Å². The van der Waals surface area contributed by atoms with Crippen molar-refractivity contribution in [3.05, 3.63) is 77.2 Å². The van der Waals surface area contributed by atoms with Crippen LogP contribution in [0.5, 0.6) is 5.88 Å². The van der Waals surface area contributed by atoms with Crippen LogP contribution in [0.1, 0.15) is 16.8 Å². The fraction of sp³-hybridized carbons (Fsp3) is 0.240. The first kappa shape index (κ1) is 24.5. The minimum absolute atomic E-state index is 0.284. The van der Waals surface area contributed by atoms with E-state index in [9.17, 15) is 22.8 Å². The highest BCUT2D eigenvalue weighted by molar-refractivity contribution is 6.30. The van der Waals surface area contributed by atoms with Crippen LogP contribution in [0.3, 0.4) is 0 Å². The number of carbonyl (C=O) groups excluding carboxylic acids is 2. The fourth-order valence-corrected chi connectivity index (χ4v) is 4.17. The van der Waals surface area contributed by atoms with Gasteiger partial charge in [-0.1, -0.05) is 23.7 Å². The topological polar surface area (TPSA) is 71.5 Å². The first-order valence-electron chi connectivity index (χ1n) is 10.7. The van der Waals surface area contributed by atoms with E-state index < -0.39 is 42.4 Å². The van der Waals surface area contributed by atoms with Crippen molar-refractivity contribution in [1.29, 1.82) is 0 Å². The average molecular weight is 504 g/mol. The number of ether oxygens (including phenoxy) is 1. The average Bonchev–Trinajstić information content (AvgIpc) is 2.83. The van der Waals surface area contributed by atoms with Crippen molar-refractivity contribution in [2.75, 3.05) is 25.5 Å². The van der Waals surface area contributed by atoms with E-state index in [1.807, 2.05) is 0 Å². The quantitative estimate of drug-likeness (QED) is 0.514. The summed E-state index contributed by atoms with van der Waals surface area (Å²) in [6.07, 6.45) is 0.760. The van der Waals surface area contributed by atoms with Crippen molar-refractivity contribution in [1.82, 2.24) is 9.88 Å². The number of alkyl halides is 2. The van der Waals surface area contributed by atoms with Gasteiger partial charge in [0.25, 0.3) is 11.8 Å². The van der Waals surface area contributed by atoms with Gasteiger partial charge in [0.2, 0.25) is 11.8 Å². The maximum atomic E-state index is 14.6. The molecule has 0 bridgehead atoms. The van der Waals surface area contributed by atoms with Crippen molar-refractivity contribution < 1.29 is 27.5 Å². The lowest BCUT2D eigenvalue weighted by Gasteiger charge is -2.37. The molecule has 1 aliphatic heterocycles. The number of hydrogen-bond acceptors (Lipinski definition) is 4. The van der Waals surface area contributed by atoms with Gasteiger partial charge in [-0.3, -0.25) is 9.59 Å². The molecule has 1 atom stereocenters. The molecule has 10 heteroatoms. The molecule has 2 amide bonds. The zero-order chi connectivity index (χ0) is 25.2. The van der Waals surface area contributed by atoms with Gasteiger partial charge < -0.3 is 15.0 Å². The Bertz CT molecular complexity index is 1270. The number of anilines is 1. The number of nitrogens with one attached hydrogen (secondary N) is 1. The van der Waals surface area contributed by atoms with Gasteiger partial charge in [0.1, 0.15) is 5.82 Å². The molecule has 0 spiro atoms. The standard InChI is InChI=1S/C25H21ClF3N3O3/c1-35-22-10-16(7-8-30-22)15-5-6-21(27)20(9-15)24(34)32-13-17(12-25(28,29)14-32)23(33)31-19-4-2-3-18(26)11-19/h2-11,17H,12-14H2,1H3,(H,31,33). The van der Waals surface area contributed by atoms with Gasteiger partial charge in [-0.05, 0) is 47.5 Å². The molecular weight excluding hydrogens is 483 g/mol. The second-order valence-electron chi connectivity index (χ2n) is 8.22. The molecule has 0 saturated carbocycles. The highest BCUT2D eigenvalue weighted by Gasteiger charge is 2.45. The zero-order valence-corrected chi connectivity index (χ0v) is 19.4. The van der Waals surface area contributed by atoms with Crippen LogP contribution in [-0.2, 0) is 4.79 Å². The lowest BCUT2D eigenvalue weighted by atomic mass is 9.93. The normalized spacial score (nSPS) is 17.1. The van der Waals surface area contributed by atoms with E-state index >= 15 is 0 Å². The Morgan fingerprint density at radius 3 is 2.66 bits per heavy atom. The van der Waals surface area contributed by atoms with Gasteiger partial charge >= 0.3 is 0 Å². The smallest absolute Gasteiger partial charge is 0.266 e. The van der Waals surface area contributed by atoms with Gasteiger partial charge in [-0.2, -0.15) is 0 Å². The van der Waals surface area contributed by atoms with E-state index in [0.29, 0.717) is 27.7 Å².